The van der Waals surface area contributed by atoms with Crippen LogP contribution in [0, 0.1) is 5.82 Å². The fourth-order valence-electron chi connectivity index (χ4n) is 2.51. The minimum Gasteiger partial charge on any atom is -0.310 e. The lowest BCUT2D eigenvalue weighted by Gasteiger charge is -2.20. The molecule has 0 amide bonds. The highest BCUT2D eigenvalue weighted by molar-refractivity contribution is 6.31. The van der Waals surface area contributed by atoms with E-state index < -0.39 is 0 Å². The van der Waals surface area contributed by atoms with Crippen molar-refractivity contribution in [1.29, 1.82) is 0 Å². The molecule has 2 aromatic carbocycles. The van der Waals surface area contributed by atoms with Crippen molar-refractivity contribution in [3.63, 3.8) is 0 Å². The van der Waals surface area contributed by atoms with Gasteiger partial charge in [0.05, 0.1) is 0 Å². The van der Waals surface area contributed by atoms with Gasteiger partial charge in [0, 0.05) is 16.6 Å². The Morgan fingerprint density at radius 2 is 1.71 bits per heavy atom. The van der Waals surface area contributed by atoms with E-state index in [0.29, 0.717) is 10.6 Å². The predicted molar refractivity (Wildman–Crippen MR) is 87.4 cm³/mol. The van der Waals surface area contributed by atoms with E-state index >= 15 is 0 Å². The minimum atomic E-state index is -0.251. The molecule has 1 N–H and O–H groups in total. The third-order valence-electron chi connectivity index (χ3n) is 3.67. The molecule has 0 fully saturated rings. The zero-order valence-corrected chi connectivity index (χ0v) is 13.3. The highest BCUT2D eigenvalue weighted by Crippen LogP contribution is 2.28. The van der Waals surface area contributed by atoms with Gasteiger partial charge in [-0.1, -0.05) is 55.8 Å². The number of hydrogen-bond acceptors (Lipinski definition) is 1. The van der Waals surface area contributed by atoms with Gasteiger partial charge >= 0.3 is 0 Å². The molecule has 0 aromatic heterocycles. The van der Waals surface area contributed by atoms with Crippen LogP contribution in [0.25, 0.3) is 0 Å². The Labute approximate surface area is 131 Å². The number of aryl methyl sites for hydroxylation is 1. The van der Waals surface area contributed by atoms with Gasteiger partial charge in [0.1, 0.15) is 5.82 Å². The summed E-state index contributed by atoms with van der Waals surface area (Å²) in [5.41, 5.74) is 3.04. The predicted octanol–water partition coefficient (Wildman–Crippen LogP) is 4.93. The van der Waals surface area contributed by atoms with E-state index in [0.717, 1.165) is 19.4 Å². The average Bonchev–Trinajstić information content (AvgIpc) is 2.48. The van der Waals surface area contributed by atoms with Crippen LogP contribution in [-0.4, -0.2) is 6.54 Å². The second-order valence-corrected chi connectivity index (χ2v) is 5.53. The molecule has 2 rings (SSSR count). The van der Waals surface area contributed by atoms with E-state index in [1.54, 1.807) is 12.1 Å². The molecule has 0 spiro atoms. The van der Waals surface area contributed by atoms with Crippen LogP contribution in [0.2, 0.25) is 5.02 Å². The Morgan fingerprint density at radius 1 is 1.05 bits per heavy atom. The van der Waals surface area contributed by atoms with Gasteiger partial charge in [0.25, 0.3) is 0 Å². The van der Waals surface area contributed by atoms with E-state index in [4.69, 9.17) is 11.6 Å². The van der Waals surface area contributed by atoms with Crippen LogP contribution in [0.15, 0.2) is 42.5 Å². The minimum absolute atomic E-state index is 0.115. The maximum absolute atomic E-state index is 14.1. The summed E-state index contributed by atoms with van der Waals surface area (Å²) in [5, 5.41) is 3.81. The molecule has 0 radical (unpaired) electrons. The van der Waals surface area contributed by atoms with Gasteiger partial charge < -0.3 is 5.32 Å². The summed E-state index contributed by atoms with van der Waals surface area (Å²) in [6.07, 6.45) is 1.74. The fraction of sp³-hybridized carbons (Fsp3) is 0.333. The maximum atomic E-state index is 14.1. The lowest BCUT2D eigenvalue weighted by atomic mass is 9.97. The van der Waals surface area contributed by atoms with Crippen LogP contribution < -0.4 is 5.32 Å². The lowest BCUT2D eigenvalue weighted by molar-refractivity contribution is 0.510. The quantitative estimate of drug-likeness (QED) is 0.797. The molecule has 21 heavy (non-hydrogen) atoms. The van der Waals surface area contributed by atoms with Gasteiger partial charge in [-0.05, 0) is 42.6 Å². The average molecular weight is 306 g/mol. The molecule has 112 valence electrons. The van der Waals surface area contributed by atoms with Crippen molar-refractivity contribution in [3.05, 3.63) is 70.0 Å². The van der Waals surface area contributed by atoms with Crippen LogP contribution in [0.1, 0.15) is 36.6 Å². The summed E-state index contributed by atoms with van der Waals surface area (Å²) in [6.45, 7) is 4.92. The second kappa shape index (κ2) is 7.58. The Kier molecular flexibility index (Phi) is 5.77. The van der Waals surface area contributed by atoms with Gasteiger partial charge in [-0.3, -0.25) is 0 Å². The number of likely N-dealkylation sites (N-methyl/N-ethyl adjacent to an activating group) is 1. The standard InChI is InChI=1S/C18H21ClFN/c1-3-13-8-10-14(11-9-13)12-17(21-4-2)18-15(19)6-5-7-16(18)20/h5-11,17,21H,3-4,12H2,1-2H3. The normalized spacial score (nSPS) is 12.4. The monoisotopic (exact) mass is 305 g/mol. The summed E-state index contributed by atoms with van der Waals surface area (Å²) in [6, 6.07) is 13.2. The zero-order chi connectivity index (χ0) is 15.2. The van der Waals surface area contributed by atoms with Gasteiger partial charge in [-0.25, -0.2) is 4.39 Å². The second-order valence-electron chi connectivity index (χ2n) is 5.12. The van der Waals surface area contributed by atoms with Crippen LogP contribution in [-0.2, 0) is 12.8 Å². The van der Waals surface area contributed by atoms with Crippen molar-refractivity contribution in [2.75, 3.05) is 6.54 Å². The number of rotatable bonds is 6. The van der Waals surface area contributed by atoms with Gasteiger partial charge in [-0.15, -0.1) is 0 Å². The highest BCUT2D eigenvalue weighted by atomic mass is 35.5. The molecule has 0 aliphatic rings. The van der Waals surface area contributed by atoms with Crippen molar-refractivity contribution in [2.24, 2.45) is 0 Å². The molecule has 0 heterocycles. The molecule has 2 aromatic rings. The fourth-order valence-corrected chi connectivity index (χ4v) is 2.81. The molecule has 0 saturated heterocycles. The Hall–Kier alpha value is -1.38. The first-order chi connectivity index (χ1) is 10.2. The summed E-state index contributed by atoms with van der Waals surface area (Å²) < 4.78 is 14.1. The number of nitrogens with one attached hydrogen (secondary N) is 1. The van der Waals surface area contributed by atoms with E-state index in [2.05, 4.69) is 36.5 Å². The molecular formula is C18H21ClFN. The van der Waals surface area contributed by atoms with E-state index in [1.165, 1.54) is 17.2 Å². The molecular weight excluding hydrogens is 285 g/mol. The van der Waals surface area contributed by atoms with Crippen molar-refractivity contribution in [1.82, 2.24) is 5.32 Å². The summed E-state index contributed by atoms with van der Waals surface area (Å²) in [4.78, 5) is 0. The summed E-state index contributed by atoms with van der Waals surface area (Å²) >= 11 is 6.19. The highest BCUT2D eigenvalue weighted by Gasteiger charge is 2.18. The molecule has 1 atom stereocenters. The van der Waals surface area contributed by atoms with Gasteiger partial charge in [-0.2, -0.15) is 0 Å². The van der Waals surface area contributed by atoms with E-state index in [9.17, 15) is 4.39 Å². The van der Waals surface area contributed by atoms with Crippen LogP contribution in [0.3, 0.4) is 0 Å². The smallest absolute Gasteiger partial charge is 0.129 e. The molecule has 1 nitrogen and oxygen atoms in total. The molecule has 0 saturated carbocycles. The summed E-state index contributed by atoms with van der Waals surface area (Å²) in [7, 11) is 0. The largest absolute Gasteiger partial charge is 0.310 e. The van der Waals surface area contributed by atoms with E-state index in [-0.39, 0.29) is 11.9 Å². The Bertz CT molecular complexity index is 560. The lowest BCUT2D eigenvalue weighted by Crippen LogP contribution is -2.24. The first kappa shape index (κ1) is 16.0. The van der Waals surface area contributed by atoms with Gasteiger partial charge in [0.2, 0.25) is 0 Å². The third-order valence-corrected chi connectivity index (χ3v) is 4.00. The molecule has 0 aliphatic heterocycles. The topological polar surface area (TPSA) is 12.0 Å². The third kappa shape index (κ3) is 4.05. The Morgan fingerprint density at radius 3 is 2.29 bits per heavy atom. The van der Waals surface area contributed by atoms with Crippen LogP contribution in [0.5, 0.6) is 0 Å². The van der Waals surface area contributed by atoms with Gasteiger partial charge in [0.15, 0.2) is 0 Å². The first-order valence-corrected chi connectivity index (χ1v) is 7.78. The van der Waals surface area contributed by atoms with Crippen molar-refractivity contribution < 1.29 is 4.39 Å². The number of benzene rings is 2. The SMILES string of the molecule is CCNC(Cc1ccc(CC)cc1)c1c(F)cccc1Cl. The number of halogens is 2. The maximum Gasteiger partial charge on any atom is 0.129 e. The van der Waals surface area contributed by atoms with Crippen LogP contribution in [0.4, 0.5) is 4.39 Å². The first-order valence-electron chi connectivity index (χ1n) is 7.40. The van der Waals surface area contributed by atoms with Crippen molar-refractivity contribution >= 4 is 11.6 Å². The van der Waals surface area contributed by atoms with E-state index in [1.807, 2.05) is 6.92 Å². The zero-order valence-electron chi connectivity index (χ0n) is 12.5. The Balaban J connectivity index is 2.26. The molecule has 3 heteroatoms. The molecule has 0 aliphatic carbocycles. The van der Waals surface area contributed by atoms with Crippen LogP contribution >= 0.6 is 11.6 Å². The number of hydrogen-bond donors (Lipinski definition) is 1. The molecule has 1 unspecified atom stereocenters. The molecule has 0 bridgehead atoms. The van der Waals surface area contributed by atoms with Crippen molar-refractivity contribution in [2.45, 2.75) is 32.7 Å². The summed E-state index contributed by atoms with van der Waals surface area (Å²) in [5.74, 6) is -0.251. The van der Waals surface area contributed by atoms with Crippen molar-refractivity contribution in [3.8, 4) is 0 Å².